The van der Waals surface area contributed by atoms with Gasteiger partial charge in [-0.1, -0.05) is 0 Å². The molecule has 0 fully saturated rings. The van der Waals surface area contributed by atoms with E-state index in [4.69, 9.17) is 14.2 Å². The average molecular weight is 192 g/mol. The fraction of sp³-hybridized carbons (Fsp3) is 1.00. The summed E-state index contributed by atoms with van der Waals surface area (Å²) >= 11 is 0. The van der Waals surface area contributed by atoms with Crippen molar-refractivity contribution in [2.24, 2.45) is 0 Å². The molecule has 4 nitrogen and oxygen atoms in total. The Labute approximate surface area is 79.8 Å². The van der Waals surface area contributed by atoms with E-state index in [0.717, 1.165) is 0 Å². The van der Waals surface area contributed by atoms with Gasteiger partial charge in [0.05, 0.1) is 12.2 Å². The van der Waals surface area contributed by atoms with Gasteiger partial charge in [0.15, 0.2) is 0 Å². The maximum atomic E-state index is 9.74. The molecule has 0 bridgehead atoms. The SMILES string of the molecule is COCCC(C)(O)CCOCOC. The second-order valence-corrected chi connectivity index (χ2v) is 3.30. The van der Waals surface area contributed by atoms with Gasteiger partial charge in [-0.25, -0.2) is 0 Å². The van der Waals surface area contributed by atoms with E-state index in [2.05, 4.69) is 0 Å². The van der Waals surface area contributed by atoms with Crippen molar-refractivity contribution in [3.8, 4) is 0 Å². The van der Waals surface area contributed by atoms with Gasteiger partial charge in [-0.15, -0.1) is 0 Å². The fourth-order valence-electron chi connectivity index (χ4n) is 0.881. The molecule has 1 atom stereocenters. The molecule has 0 saturated heterocycles. The van der Waals surface area contributed by atoms with Gasteiger partial charge in [0.25, 0.3) is 0 Å². The maximum Gasteiger partial charge on any atom is 0.146 e. The van der Waals surface area contributed by atoms with Gasteiger partial charge in [-0.2, -0.15) is 0 Å². The van der Waals surface area contributed by atoms with Gasteiger partial charge < -0.3 is 19.3 Å². The Morgan fingerprint density at radius 3 is 2.23 bits per heavy atom. The van der Waals surface area contributed by atoms with Gasteiger partial charge in [-0.05, 0) is 19.8 Å². The Morgan fingerprint density at radius 1 is 1.08 bits per heavy atom. The predicted molar refractivity (Wildman–Crippen MR) is 49.6 cm³/mol. The van der Waals surface area contributed by atoms with E-state index in [1.54, 1.807) is 21.1 Å². The zero-order valence-electron chi connectivity index (χ0n) is 8.71. The van der Waals surface area contributed by atoms with Crippen LogP contribution in [0.1, 0.15) is 19.8 Å². The quantitative estimate of drug-likeness (QED) is 0.456. The smallest absolute Gasteiger partial charge is 0.146 e. The summed E-state index contributed by atoms with van der Waals surface area (Å²) in [7, 11) is 3.20. The van der Waals surface area contributed by atoms with Gasteiger partial charge in [0, 0.05) is 20.8 Å². The topological polar surface area (TPSA) is 47.9 Å². The Morgan fingerprint density at radius 2 is 1.69 bits per heavy atom. The lowest BCUT2D eigenvalue weighted by atomic mass is 9.99. The molecule has 4 heteroatoms. The molecule has 13 heavy (non-hydrogen) atoms. The van der Waals surface area contributed by atoms with Crippen LogP contribution in [0.15, 0.2) is 0 Å². The normalized spacial score (nSPS) is 15.7. The van der Waals surface area contributed by atoms with Crippen LogP contribution in [0.2, 0.25) is 0 Å². The number of rotatable bonds is 8. The molecule has 1 unspecified atom stereocenters. The van der Waals surface area contributed by atoms with Crippen LogP contribution in [0.3, 0.4) is 0 Å². The first kappa shape index (κ1) is 12.8. The van der Waals surface area contributed by atoms with Crippen molar-refractivity contribution in [1.29, 1.82) is 0 Å². The summed E-state index contributed by atoms with van der Waals surface area (Å²) < 4.78 is 14.7. The van der Waals surface area contributed by atoms with Crippen molar-refractivity contribution in [2.45, 2.75) is 25.4 Å². The molecule has 0 radical (unpaired) electrons. The highest BCUT2D eigenvalue weighted by molar-refractivity contribution is 4.71. The molecule has 80 valence electrons. The van der Waals surface area contributed by atoms with Crippen molar-refractivity contribution in [3.63, 3.8) is 0 Å². The zero-order valence-corrected chi connectivity index (χ0v) is 8.71. The molecule has 0 aliphatic rings. The Bertz CT molecular complexity index is 114. The van der Waals surface area contributed by atoms with Crippen LogP contribution >= 0.6 is 0 Å². The minimum absolute atomic E-state index is 0.278. The second-order valence-electron chi connectivity index (χ2n) is 3.30. The fourth-order valence-corrected chi connectivity index (χ4v) is 0.881. The Kier molecular flexibility index (Phi) is 7.17. The lowest BCUT2D eigenvalue weighted by Crippen LogP contribution is -2.27. The summed E-state index contributed by atoms with van der Waals surface area (Å²) in [5.41, 5.74) is -0.705. The highest BCUT2D eigenvalue weighted by atomic mass is 16.7. The minimum atomic E-state index is -0.705. The summed E-state index contributed by atoms with van der Waals surface area (Å²) in [6.07, 6.45) is 1.22. The first-order valence-electron chi connectivity index (χ1n) is 4.40. The first-order chi connectivity index (χ1) is 6.12. The van der Waals surface area contributed by atoms with Crippen molar-refractivity contribution < 1.29 is 19.3 Å². The van der Waals surface area contributed by atoms with E-state index in [1.807, 2.05) is 0 Å². The molecule has 0 amide bonds. The number of methoxy groups -OCH3 is 2. The Balaban J connectivity index is 3.39. The summed E-state index contributed by atoms with van der Waals surface area (Å²) in [4.78, 5) is 0. The summed E-state index contributed by atoms with van der Waals surface area (Å²) in [5, 5.41) is 9.74. The molecule has 0 aliphatic heterocycles. The highest BCUT2D eigenvalue weighted by Gasteiger charge is 2.19. The zero-order chi connectivity index (χ0) is 10.2. The van der Waals surface area contributed by atoms with E-state index in [1.165, 1.54) is 0 Å². The molecule has 0 aromatic heterocycles. The molecule has 0 rings (SSSR count). The van der Waals surface area contributed by atoms with E-state index >= 15 is 0 Å². The molecule has 1 N–H and O–H groups in total. The maximum absolute atomic E-state index is 9.74. The van der Waals surface area contributed by atoms with Gasteiger partial charge in [0.1, 0.15) is 6.79 Å². The van der Waals surface area contributed by atoms with Crippen LogP contribution in [-0.4, -0.2) is 44.9 Å². The van der Waals surface area contributed by atoms with E-state index in [0.29, 0.717) is 26.1 Å². The largest absolute Gasteiger partial charge is 0.390 e. The van der Waals surface area contributed by atoms with Gasteiger partial charge >= 0.3 is 0 Å². The molecule has 0 aromatic carbocycles. The lowest BCUT2D eigenvalue weighted by molar-refractivity contribution is -0.0595. The van der Waals surface area contributed by atoms with Crippen LogP contribution in [0.5, 0.6) is 0 Å². The van der Waals surface area contributed by atoms with Crippen LogP contribution < -0.4 is 0 Å². The average Bonchev–Trinajstić information content (AvgIpc) is 2.09. The molecule has 0 saturated carbocycles. The molecular weight excluding hydrogens is 172 g/mol. The van der Waals surface area contributed by atoms with E-state index in [9.17, 15) is 5.11 Å². The van der Waals surface area contributed by atoms with Crippen molar-refractivity contribution in [2.75, 3.05) is 34.2 Å². The van der Waals surface area contributed by atoms with Gasteiger partial charge in [0.2, 0.25) is 0 Å². The minimum Gasteiger partial charge on any atom is -0.390 e. The molecule has 0 aliphatic carbocycles. The molecule has 0 spiro atoms. The number of hydrogen-bond acceptors (Lipinski definition) is 4. The number of hydrogen-bond donors (Lipinski definition) is 1. The van der Waals surface area contributed by atoms with Crippen molar-refractivity contribution in [3.05, 3.63) is 0 Å². The monoisotopic (exact) mass is 192 g/mol. The predicted octanol–water partition coefficient (Wildman–Crippen LogP) is 0.784. The molecular formula is C9H20O4. The van der Waals surface area contributed by atoms with Crippen LogP contribution in [-0.2, 0) is 14.2 Å². The highest BCUT2D eigenvalue weighted by Crippen LogP contribution is 2.13. The van der Waals surface area contributed by atoms with Gasteiger partial charge in [-0.3, -0.25) is 0 Å². The Hall–Kier alpha value is -0.160. The number of aliphatic hydroxyl groups is 1. The van der Waals surface area contributed by atoms with Crippen molar-refractivity contribution in [1.82, 2.24) is 0 Å². The summed E-state index contributed by atoms with van der Waals surface area (Å²) in [6, 6.07) is 0. The third-order valence-corrected chi connectivity index (χ3v) is 1.83. The third-order valence-electron chi connectivity index (χ3n) is 1.83. The molecule has 0 heterocycles. The summed E-state index contributed by atoms with van der Waals surface area (Å²) in [5.74, 6) is 0. The van der Waals surface area contributed by atoms with Crippen molar-refractivity contribution >= 4 is 0 Å². The van der Waals surface area contributed by atoms with Crippen LogP contribution in [0.4, 0.5) is 0 Å². The van der Waals surface area contributed by atoms with E-state index in [-0.39, 0.29) is 6.79 Å². The summed E-state index contributed by atoms with van der Waals surface area (Å²) in [6.45, 7) is 3.13. The lowest BCUT2D eigenvalue weighted by Gasteiger charge is -2.22. The van der Waals surface area contributed by atoms with Crippen LogP contribution in [0, 0.1) is 0 Å². The molecule has 0 aromatic rings. The third kappa shape index (κ3) is 8.18. The van der Waals surface area contributed by atoms with Crippen LogP contribution in [0.25, 0.3) is 0 Å². The van der Waals surface area contributed by atoms with E-state index < -0.39 is 5.60 Å². The first-order valence-corrected chi connectivity index (χ1v) is 4.40. The number of ether oxygens (including phenoxy) is 3. The second kappa shape index (κ2) is 7.26. The standard InChI is InChI=1S/C9H20O4/c1-9(10,4-6-11-2)5-7-13-8-12-3/h10H,4-8H2,1-3H3.